The third-order valence-corrected chi connectivity index (χ3v) is 3.62. The summed E-state index contributed by atoms with van der Waals surface area (Å²) in [4.78, 5) is 2.53. The summed E-state index contributed by atoms with van der Waals surface area (Å²) in [5.41, 5.74) is 2.71. The Hall–Kier alpha value is -1.06. The number of hydrogen-bond donors (Lipinski definition) is 1. The SMILES string of the molecule is Cc1cccc(OC(C)C)c1CCN1CCNCC1. The molecule has 19 heavy (non-hydrogen) atoms. The Bertz CT molecular complexity index is 398. The fraction of sp³-hybridized carbons (Fsp3) is 0.625. The van der Waals surface area contributed by atoms with E-state index in [9.17, 15) is 0 Å². The van der Waals surface area contributed by atoms with Crippen molar-refractivity contribution in [2.45, 2.75) is 33.3 Å². The van der Waals surface area contributed by atoms with Gasteiger partial charge in [0.15, 0.2) is 0 Å². The minimum atomic E-state index is 0.236. The van der Waals surface area contributed by atoms with E-state index in [1.54, 1.807) is 0 Å². The fourth-order valence-electron chi connectivity index (χ4n) is 2.56. The molecule has 0 bridgehead atoms. The van der Waals surface area contributed by atoms with E-state index in [0.29, 0.717) is 0 Å². The highest BCUT2D eigenvalue weighted by Gasteiger charge is 2.13. The number of piperazine rings is 1. The molecule has 1 aromatic carbocycles. The van der Waals surface area contributed by atoms with Crippen LogP contribution in [0, 0.1) is 6.92 Å². The molecule has 106 valence electrons. The van der Waals surface area contributed by atoms with Gasteiger partial charge in [0.2, 0.25) is 0 Å². The molecule has 1 saturated heterocycles. The molecule has 2 rings (SSSR count). The van der Waals surface area contributed by atoms with Crippen molar-refractivity contribution in [3.63, 3.8) is 0 Å². The molecule has 0 amide bonds. The predicted molar refractivity (Wildman–Crippen MR) is 80.0 cm³/mol. The molecule has 0 saturated carbocycles. The Morgan fingerprint density at radius 1 is 1.26 bits per heavy atom. The van der Waals surface area contributed by atoms with Crippen molar-refractivity contribution in [1.29, 1.82) is 0 Å². The van der Waals surface area contributed by atoms with Crippen LogP contribution in [-0.4, -0.2) is 43.7 Å². The Balaban J connectivity index is 2.01. The summed E-state index contributed by atoms with van der Waals surface area (Å²) in [7, 11) is 0. The number of rotatable bonds is 5. The van der Waals surface area contributed by atoms with E-state index in [0.717, 1.165) is 44.9 Å². The first-order chi connectivity index (χ1) is 9.16. The summed E-state index contributed by atoms with van der Waals surface area (Å²) < 4.78 is 5.94. The maximum atomic E-state index is 5.94. The Morgan fingerprint density at radius 2 is 2.00 bits per heavy atom. The van der Waals surface area contributed by atoms with E-state index in [-0.39, 0.29) is 6.10 Å². The summed E-state index contributed by atoms with van der Waals surface area (Å²) in [6.07, 6.45) is 1.31. The van der Waals surface area contributed by atoms with Gasteiger partial charge in [-0.1, -0.05) is 12.1 Å². The average molecular weight is 262 g/mol. The molecule has 1 heterocycles. The van der Waals surface area contributed by atoms with Crippen molar-refractivity contribution < 1.29 is 4.74 Å². The number of ether oxygens (including phenoxy) is 1. The van der Waals surface area contributed by atoms with Crippen LogP contribution >= 0.6 is 0 Å². The van der Waals surface area contributed by atoms with Crippen LogP contribution in [0.4, 0.5) is 0 Å². The highest BCUT2D eigenvalue weighted by Crippen LogP contribution is 2.24. The number of aryl methyl sites for hydroxylation is 1. The van der Waals surface area contributed by atoms with Crippen LogP contribution in [0.15, 0.2) is 18.2 Å². The van der Waals surface area contributed by atoms with Gasteiger partial charge in [-0.2, -0.15) is 0 Å². The molecule has 0 spiro atoms. The molecule has 1 aliphatic heterocycles. The Morgan fingerprint density at radius 3 is 2.68 bits per heavy atom. The largest absolute Gasteiger partial charge is 0.491 e. The third kappa shape index (κ3) is 4.22. The van der Waals surface area contributed by atoms with Gasteiger partial charge in [-0.05, 0) is 44.4 Å². The molecule has 0 aliphatic carbocycles. The Kier molecular flexibility index (Phi) is 5.23. The lowest BCUT2D eigenvalue weighted by atomic mass is 10.0. The number of benzene rings is 1. The average Bonchev–Trinajstić information content (AvgIpc) is 2.38. The van der Waals surface area contributed by atoms with Gasteiger partial charge in [0.1, 0.15) is 5.75 Å². The molecule has 3 nitrogen and oxygen atoms in total. The van der Waals surface area contributed by atoms with Crippen molar-refractivity contribution >= 4 is 0 Å². The van der Waals surface area contributed by atoms with Crippen LogP contribution < -0.4 is 10.1 Å². The summed E-state index contributed by atoms with van der Waals surface area (Å²) in [5.74, 6) is 1.06. The monoisotopic (exact) mass is 262 g/mol. The van der Waals surface area contributed by atoms with Crippen molar-refractivity contribution in [3.05, 3.63) is 29.3 Å². The zero-order valence-electron chi connectivity index (χ0n) is 12.4. The van der Waals surface area contributed by atoms with Crippen LogP contribution in [0.5, 0.6) is 5.75 Å². The van der Waals surface area contributed by atoms with Crippen LogP contribution in [-0.2, 0) is 6.42 Å². The smallest absolute Gasteiger partial charge is 0.123 e. The maximum Gasteiger partial charge on any atom is 0.123 e. The van der Waals surface area contributed by atoms with Gasteiger partial charge in [-0.25, -0.2) is 0 Å². The minimum Gasteiger partial charge on any atom is -0.491 e. The maximum absolute atomic E-state index is 5.94. The highest BCUT2D eigenvalue weighted by molar-refractivity contribution is 5.40. The van der Waals surface area contributed by atoms with Crippen molar-refractivity contribution in [2.75, 3.05) is 32.7 Å². The lowest BCUT2D eigenvalue weighted by Crippen LogP contribution is -2.44. The Labute approximate surface area is 116 Å². The van der Waals surface area contributed by atoms with Gasteiger partial charge in [-0.3, -0.25) is 0 Å². The first-order valence-corrected chi connectivity index (χ1v) is 7.35. The molecule has 0 radical (unpaired) electrons. The molecule has 0 aromatic heterocycles. The zero-order chi connectivity index (χ0) is 13.7. The molecule has 1 aliphatic rings. The molecule has 0 unspecified atom stereocenters. The second kappa shape index (κ2) is 6.92. The van der Waals surface area contributed by atoms with Gasteiger partial charge in [0, 0.05) is 32.7 Å². The number of hydrogen-bond acceptors (Lipinski definition) is 3. The predicted octanol–water partition coefficient (Wildman–Crippen LogP) is 2.23. The molecular formula is C16H26N2O. The second-order valence-corrected chi connectivity index (χ2v) is 5.56. The summed E-state index contributed by atoms with van der Waals surface area (Å²) in [6, 6.07) is 6.36. The van der Waals surface area contributed by atoms with Crippen molar-refractivity contribution in [1.82, 2.24) is 10.2 Å². The molecule has 3 heteroatoms. The van der Waals surface area contributed by atoms with Crippen LogP contribution in [0.2, 0.25) is 0 Å². The minimum absolute atomic E-state index is 0.236. The molecular weight excluding hydrogens is 236 g/mol. The van der Waals surface area contributed by atoms with Crippen LogP contribution in [0.25, 0.3) is 0 Å². The zero-order valence-corrected chi connectivity index (χ0v) is 12.4. The summed E-state index contributed by atoms with van der Waals surface area (Å²) in [5, 5.41) is 3.40. The fourth-order valence-corrected chi connectivity index (χ4v) is 2.56. The van der Waals surface area contributed by atoms with E-state index < -0.39 is 0 Å². The van der Waals surface area contributed by atoms with E-state index in [1.165, 1.54) is 11.1 Å². The van der Waals surface area contributed by atoms with Crippen LogP contribution in [0.1, 0.15) is 25.0 Å². The number of nitrogens with one attached hydrogen (secondary N) is 1. The third-order valence-electron chi connectivity index (χ3n) is 3.62. The van der Waals surface area contributed by atoms with Gasteiger partial charge in [0.25, 0.3) is 0 Å². The van der Waals surface area contributed by atoms with Gasteiger partial charge < -0.3 is 15.0 Å². The quantitative estimate of drug-likeness (QED) is 0.880. The van der Waals surface area contributed by atoms with Crippen molar-refractivity contribution in [3.8, 4) is 5.75 Å². The topological polar surface area (TPSA) is 24.5 Å². The van der Waals surface area contributed by atoms with E-state index in [4.69, 9.17) is 4.74 Å². The van der Waals surface area contributed by atoms with E-state index in [2.05, 4.69) is 49.2 Å². The molecule has 1 N–H and O–H groups in total. The summed E-state index contributed by atoms with van der Waals surface area (Å²) >= 11 is 0. The molecule has 1 aromatic rings. The van der Waals surface area contributed by atoms with Crippen molar-refractivity contribution in [2.24, 2.45) is 0 Å². The highest BCUT2D eigenvalue weighted by atomic mass is 16.5. The van der Waals surface area contributed by atoms with E-state index in [1.807, 2.05) is 0 Å². The molecule has 0 atom stereocenters. The summed E-state index contributed by atoms with van der Waals surface area (Å²) in [6.45, 7) is 12.0. The number of nitrogens with zero attached hydrogens (tertiary/aromatic N) is 1. The first-order valence-electron chi connectivity index (χ1n) is 7.35. The van der Waals surface area contributed by atoms with Gasteiger partial charge >= 0.3 is 0 Å². The van der Waals surface area contributed by atoms with Crippen LogP contribution in [0.3, 0.4) is 0 Å². The van der Waals surface area contributed by atoms with E-state index >= 15 is 0 Å². The van der Waals surface area contributed by atoms with Gasteiger partial charge in [-0.15, -0.1) is 0 Å². The second-order valence-electron chi connectivity index (χ2n) is 5.56. The standard InChI is InChI=1S/C16H26N2O/c1-13(2)19-16-6-4-5-14(3)15(16)7-10-18-11-8-17-9-12-18/h4-6,13,17H,7-12H2,1-3H3. The normalized spacial score (nSPS) is 16.8. The molecule has 1 fully saturated rings. The first kappa shape index (κ1) is 14.4. The lowest BCUT2D eigenvalue weighted by molar-refractivity contribution is 0.230. The lowest BCUT2D eigenvalue weighted by Gasteiger charge is -2.27. The van der Waals surface area contributed by atoms with Gasteiger partial charge in [0.05, 0.1) is 6.10 Å².